The van der Waals surface area contributed by atoms with Crippen LogP contribution in [0.3, 0.4) is 0 Å². The third-order valence-corrected chi connectivity index (χ3v) is 4.32. The van der Waals surface area contributed by atoms with Gasteiger partial charge in [0, 0.05) is 0 Å². The summed E-state index contributed by atoms with van der Waals surface area (Å²) >= 11 is 0. The van der Waals surface area contributed by atoms with Crippen LogP contribution in [0.1, 0.15) is 31.4 Å². The molecule has 5 heteroatoms. The summed E-state index contributed by atoms with van der Waals surface area (Å²) in [5.74, 6) is -1.86. The molecule has 0 bridgehead atoms. The normalized spacial score (nSPS) is 12.8. The lowest BCUT2D eigenvalue weighted by Gasteiger charge is -2.20. The van der Waals surface area contributed by atoms with Crippen molar-refractivity contribution in [2.24, 2.45) is 11.8 Å². The molecular formula is C23H27NO4. The molecule has 0 saturated heterocycles. The average molecular weight is 381 g/mol. The lowest BCUT2D eigenvalue weighted by Crippen LogP contribution is -2.44. The fraction of sp³-hybridized carbons (Fsp3) is 0.348. The molecule has 0 saturated carbocycles. The van der Waals surface area contributed by atoms with Crippen molar-refractivity contribution in [1.29, 1.82) is 0 Å². The number of carbonyl (C=O) groups excluding carboxylic acids is 3. The lowest BCUT2D eigenvalue weighted by molar-refractivity contribution is -0.154. The molecule has 2 atom stereocenters. The molecule has 0 heterocycles. The van der Waals surface area contributed by atoms with Crippen LogP contribution in [0.4, 0.5) is 0 Å². The van der Waals surface area contributed by atoms with Gasteiger partial charge >= 0.3 is 5.97 Å². The number of esters is 1. The van der Waals surface area contributed by atoms with Crippen LogP contribution in [0, 0.1) is 11.8 Å². The molecule has 0 spiro atoms. The number of ether oxygens (including phenoxy) is 1. The minimum absolute atomic E-state index is 0.114. The van der Waals surface area contributed by atoms with Gasteiger partial charge in [0.25, 0.3) is 0 Å². The van der Waals surface area contributed by atoms with Crippen molar-refractivity contribution >= 4 is 18.2 Å². The van der Waals surface area contributed by atoms with E-state index >= 15 is 0 Å². The van der Waals surface area contributed by atoms with Gasteiger partial charge in [0.1, 0.15) is 18.8 Å². The van der Waals surface area contributed by atoms with Gasteiger partial charge in [-0.05, 0) is 29.9 Å². The van der Waals surface area contributed by atoms with Crippen molar-refractivity contribution in [3.05, 3.63) is 71.8 Å². The van der Waals surface area contributed by atoms with Gasteiger partial charge in [0.15, 0.2) is 0 Å². The minimum Gasteiger partial charge on any atom is -0.460 e. The average Bonchev–Trinajstić information content (AvgIpc) is 2.71. The van der Waals surface area contributed by atoms with Gasteiger partial charge in [0.2, 0.25) is 5.91 Å². The number of amides is 1. The number of rotatable bonds is 10. The van der Waals surface area contributed by atoms with Crippen molar-refractivity contribution in [3.63, 3.8) is 0 Å². The first-order valence-electron chi connectivity index (χ1n) is 9.49. The summed E-state index contributed by atoms with van der Waals surface area (Å²) in [5.41, 5.74) is 1.79. The Morgan fingerprint density at radius 2 is 1.54 bits per heavy atom. The second-order valence-corrected chi connectivity index (χ2v) is 7.22. The van der Waals surface area contributed by atoms with E-state index < -0.39 is 23.8 Å². The smallest absolute Gasteiger partial charge is 0.318 e. The number of carbonyl (C=O) groups is 3. The van der Waals surface area contributed by atoms with Crippen molar-refractivity contribution in [2.75, 3.05) is 0 Å². The summed E-state index contributed by atoms with van der Waals surface area (Å²) < 4.78 is 5.36. The van der Waals surface area contributed by atoms with Crippen LogP contribution in [0.2, 0.25) is 0 Å². The Balaban J connectivity index is 2.00. The summed E-state index contributed by atoms with van der Waals surface area (Å²) in [6.07, 6.45) is 1.44. The second kappa shape index (κ2) is 11.0. The molecule has 2 aromatic carbocycles. The Hall–Kier alpha value is -2.95. The second-order valence-electron chi connectivity index (χ2n) is 7.22. The van der Waals surface area contributed by atoms with Gasteiger partial charge in [-0.25, -0.2) is 0 Å². The van der Waals surface area contributed by atoms with Gasteiger partial charge in [-0.3, -0.25) is 9.59 Å². The molecule has 5 nitrogen and oxygen atoms in total. The zero-order chi connectivity index (χ0) is 20.4. The third kappa shape index (κ3) is 6.99. The number of hydrogen-bond donors (Lipinski definition) is 1. The Labute approximate surface area is 166 Å². The SMILES string of the molecule is CC(C)CC(C(=O)N[C@H](C=O)Cc1ccccc1)C(=O)OCc1ccccc1. The molecule has 2 rings (SSSR count). The largest absolute Gasteiger partial charge is 0.460 e. The van der Waals surface area contributed by atoms with Crippen LogP contribution >= 0.6 is 0 Å². The van der Waals surface area contributed by atoms with Crippen LogP contribution in [-0.4, -0.2) is 24.2 Å². The number of aldehydes is 1. The molecule has 28 heavy (non-hydrogen) atoms. The Kier molecular flexibility index (Phi) is 8.40. The third-order valence-electron chi connectivity index (χ3n) is 4.32. The predicted molar refractivity (Wildman–Crippen MR) is 107 cm³/mol. The highest BCUT2D eigenvalue weighted by Gasteiger charge is 2.30. The minimum atomic E-state index is -0.943. The maximum atomic E-state index is 12.7. The van der Waals surface area contributed by atoms with Crippen LogP contribution in [-0.2, 0) is 32.1 Å². The molecule has 0 aliphatic rings. The highest BCUT2D eigenvalue weighted by atomic mass is 16.5. The standard InChI is InChI=1S/C23H27NO4/c1-17(2)13-21(23(27)28-16-19-11-7-4-8-12-19)22(26)24-20(15-25)14-18-9-5-3-6-10-18/h3-12,15,17,20-21H,13-14,16H2,1-2H3,(H,24,26)/t20-,21?/m0/s1. The summed E-state index contributed by atoms with van der Waals surface area (Å²) in [6.45, 7) is 3.99. The molecule has 1 N–H and O–H groups in total. The molecule has 0 aliphatic carbocycles. The highest BCUT2D eigenvalue weighted by molar-refractivity contribution is 5.98. The first-order valence-corrected chi connectivity index (χ1v) is 9.49. The molecule has 2 aromatic rings. The first-order chi connectivity index (χ1) is 13.5. The van der Waals surface area contributed by atoms with Gasteiger partial charge in [-0.1, -0.05) is 74.5 Å². The van der Waals surface area contributed by atoms with Gasteiger partial charge in [-0.2, -0.15) is 0 Å². The quantitative estimate of drug-likeness (QED) is 0.389. The maximum Gasteiger partial charge on any atom is 0.318 e. The molecule has 1 unspecified atom stereocenters. The number of nitrogens with one attached hydrogen (secondary N) is 1. The molecular weight excluding hydrogens is 354 g/mol. The summed E-state index contributed by atoms with van der Waals surface area (Å²) in [7, 11) is 0. The number of hydrogen-bond acceptors (Lipinski definition) is 4. The lowest BCUT2D eigenvalue weighted by atomic mass is 9.95. The van der Waals surface area contributed by atoms with Crippen LogP contribution < -0.4 is 5.32 Å². The van der Waals surface area contributed by atoms with Crippen molar-refractivity contribution in [1.82, 2.24) is 5.32 Å². The van der Waals surface area contributed by atoms with Crippen molar-refractivity contribution in [2.45, 2.75) is 39.3 Å². The Morgan fingerprint density at radius 3 is 2.07 bits per heavy atom. The maximum absolute atomic E-state index is 12.7. The van der Waals surface area contributed by atoms with Crippen LogP contribution in [0.5, 0.6) is 0 Å². The van der Waals surface area contributed by atoms with Crippen LogP contribution in [0.25, 0.3) is 0 Å². The zero-order valence-electron chi connectivity index (χ0n) is 16.3. The Bertz CT molecular complexity index is 759. The van der Waals surface area contributed by atoms with E-state index in [1.54, 1.807) is 0 Å². The van der Waals surface area contributed by atoms with Crippen LogP contribution in [0.15, 0.2) is 60.7 Å². The summed E-state index contributed by atoms with van der Waals surface area (Å²) in [5, 5.41) is 2.69. The molecule has 0 aliphatic heterocycles. The summed E-state index contributed by atoms with van der Waals surface area (Å²) in [6, 6.07) is 18.0. The topological polar surface area (TPSA) is 72.5 Å². The Morgan fingerprint density at radius 1 is 0.964 bits per heavy atom. The van der Waals surface area contributed by atoms with Crippen molar-refractivity contribution in [3.8, 4) is 0 Å². The van der Waals surface area contributed by atoms with E-state index in [0.717, 1.165) is 11.1 Å². The zero-order valence-corrected chi connectivity index (χ0v) is 16.3. The van der Waals surface area contributed by atoms with E-state index in [-0.39, 0.29) is 12.5 Å². The molecule has 148 valence electrons. The fourth-order valence-electron chi connectivity index (χ4n) is 2.90. The van der Waals surface area contributed by atoms with E-state index in [9.17, 15) is 14.4 Å². The van der Waals surface area contributed by atoms with Crippen molar-refractivity contribution < 1.29 is 19.1 Å². The first kappa shape index (κ1) is 21.4. The highest BCUT2D eigenvalue weighted by Crippen LogP contribution is 2.16. The number of benzene rings is 2. The predicted octanol–water partition coefficient (Wildman–Crippen LogP) is 3.32. The van der Waals surface area contributed by atoms with Gasteiger partial charge in [-0.15, -0.1) is 0 Å². The molecule has 0 radical (unpaired) electrons. The van der Waals surface area contributed by atoms with E-state index in [1.165, 1.54) is 0 Å². The van der Waals surface area contributed by atoms with E-state index in [0.29, 0.717) is 19.1 Å². The monoisotopic (exact) mass is 381 g/mol. The van der Waals surface area contributed by atoms with E-state index in [4.69, 9.17) is 4.74 Å². The summed E-state index contributed by atoms with van der Waals surface area (Å²) in [4.78, 5) is 36.7. The van der Waals surface area contributed by atoms with E-state index in [1.807, 2.05) is 74.5 Å². The van der Waals surface area contributed by atoms with Gasteiger partial charge < -0.3 is 14.8 Å². The van der Waals surface area contributed by atoms with Gasteiger partial charge in [0.05, 0.1) is 6.04 Å². The molecule has 0 aromatic heterocycles. The fourth-order valence-corrected chi connectivity index (χ4v) is 2.90. The molecule has 1 amide bonds. The van der Waals surface area contributed by atoms with E-state index in [2.05, 4.69) is 5.32 Å². The molecule has 0 fully saturated rings.